The van der Waals surface area contributed by atoms with Gasteiger partial charge in [0.15, 0.2) is 17.3 Å². The zero-order chi connectivity index (χ0) is 11.4. The van der Waals surface area contributed by atoms with E-state index in [4.69, 9.17) is 10.00 Å². The van der Waals surface area contributed by atoms with Gasteiger partial charge in [-0.2, -0.15) is 5.26 Å². The second kappa shape index (κ2) is 4.56. The Morgan fingerprint density at radius 1 is 1.60 bits per heavy atom. The van der Waals surface area contributed by atoms with Gasteiger partial charge in [-0.3, -0.25) is 4.79 Å². The maximum Gasteiger partial charge on any atom is 0.166 e. The lowest BCUT2D eigenvalue weighted by Gasteiger charge is -2.07. The maximum atomic E-state index is 13.3. The van der Waals surface area contributed by atoms with Crippen molar-refractivity contribution in [3.8, 4) is 11.8 Å². The molecule has 15 heavy (non-hydrogen) atoms. The normalized spacial score (nSPS) is 9.47. The van der Waals surface area contributed by atoms with E-state index >= 15 is 0 Å². The minimum atomic E-state index is -0.626. The molecule has 0 amide bonds. The molecule has 1 aromatic carbocycles. The Hall–Kier alpha value is -1.89. The fourth-order valence-corrected chi connectivity index (χ4v) is 1.20. The molecule has 0 N–H and O–H groups in total. The van der Waals surface area contributed by atoms with E-state index in [0.29, 0.717) is 6.61 Å². The summed E-state index contributed by atoms with van der Waals surface area (Å²) >= 11 is 0. The van der Waals surface area contributed by atoms with E-state index in [1.54, 1.807) is 13.0 Å². The number of ketones is 1. The van der Waals surface area contributed by atoms with E-state index in [9.17, 15) is 9.18 Å². The van der Waals surface area contributed by atoms with E-state index in [0.717, 1.165) is 6.07 Å². The third-order valence-corrected chi connectivity index (χ3v) is 1.87. The Morgan fingerprint density at radius 3 is 2.73 bits per heavy atom. The molecule has 0 spiro atoms. The van der Waals surface area contributed by atoms with Crippen molar-refractivity contribution in [3.05, 3.63) is 29.1 Å². The number of nitriles is 1. The average molecular weight is 207 g/mol. The summed E-state index contributed by atoms with van der Waals surface area (Å²) in [6.45, 7) is 3.34. The second-order valence-electron chi connectivity index (χ2n) is 2.93. The Morgan fingerprint density at radius 2 is 2.27 bits per heavy atom. The molecule has 0 radical (unpaired) electrons. The summed E-state index contributed by atoms with van der Waals surface area (Å²) in [6, 6.07) is 4.05. The lowest BCUT2D eigenvalue weighted by Crippen LogP contribution is -2.02. The molecule has 0 bridgehead atoms. The van der Waals surface area contributed by atoms with E-state index in [2.05, 4.69) is 0 Å². The third kappa shape index (κ3) is 2.32. The van der Waals surface area contributed by atoms with Gasteiger partial charge in [-0.1, -0.05) is 0 Å². The highest BCUT2D eigenvalue weighted by atomic mass is 19.1. The van der Waals surface area contributed by atoms with Crippen LogP contribution in [0.1, 0.15) is 29.8 Å². The number of hydrogen-bond acceptors (Lipinski definition) is 3. The summed E-state index contributed by atoms with van der Waals surface area (Å²) in [6.07, 6.45) is 0. The summed E-state index contributed by atoms with van der Waals surface area (Å²) in [4.78, 5) is 11.2. The van der Waals surface area contributed by atoms with Crippen LogP contribution in [0.4, 0.5) is 4.39 Å². The van der Waals surface area contributed by atoms with E-state index in [1.165, 1.54) is 13.0 Å². The zero-order valence-electron chi connectivity index (χ0n) is 8.50. The van der Waals surface area contributed by atoms with Crippen molar-refractivity contribution in [2.75, 3.05) is 6.61 Å². The quantitative estimate of drug-likeness (QED) is 0.714. The molecular weight excluding hydrogens is 197 g/mol. The van der Waals surface area contributed by atoms with Crippen molar-refractivity contribution in [3.63, 3.8) is 0 Å². The largest absolute Gasteiger partial charge is 0.491 e. The molecule has 1 aromatic rings. The highest BCUT2D eigenvalue weighted by molar-refractivity contribution is 5.96. The summed E-state index contributed by atoms with van der Waals surface area (Å²) in [7, 11) is 0. The minimum absolute atomic E-state index is 0.00157. The molecule has 0 saturated carbocycles. The smallest absolute Gasteiger partial charge is 0.166 e. The first-order chi connectivity index (χ1) is 7.10. The fraction of sp³-hybridized carbons (Fsp3) is 0.273. The van der Waals surface area contributed by atoms with E-state index in [1.807, 2.05) is 0 Å². The highest BCUT2D eigenvalue weighted by Crippen LogP contribution is 2.22. The van der Waals surface area contributed by atoms with Gasteiger partial charge in [-0.15, -0.1) is 0 Å². The molecule has 0 aliphatic rings. The van der Waals surface area contributed by atoms with Gasteiger partial charge in [0, 0.05) is 5.56 Å². The monoisotopic (exact) mass is 207 g/mol. The van der Waals surface area contributed by atoms with Crippen LogP contribution in [0.5, 0.6) is 5.75 Å². The number of halogens is 1. The van der Waals surface area contributed by atoms with E-state index < -0.39 is 5.82 Å². The number of ether oxygens (including phenoxy) is 1. The molecule has 0 saturated heterocycles. The second-order valence-corrected chi connectivity index (χ2v) is 2.93. The summed E-state index contributed by atoms with van der Waals surface area (Å²) < 4.78 is 18.3. The zero-order valence-corrected chi connectivity index (χ0v) is 8.50. The van der Waals surface area contributed by atoms with Gasteiger partial charge in [0.1, 0.15) is 0 Å². The predicted molar refractivity (Wildman–Crippen MR) is 52.3 cm³/mol. The molecule has 0 fully saturated rings. The van der Waals surface area contributed by atoms with Crippen LogP contribution in [0.15, 0.2) is 12.1 Å². The van der Waals surface area contributed by atoms with Gasteiger partial charge in [-0.05, 0) is 26.0 Å². The molecule has 0 atom stereocenters. The standard InChI is InChI=1S/C11H10FNO2/c1-3-15-11-5-9(7(2)14)8(6-13)4-10(11)12/h4-5H,3H2,1-2H3. The lowest BCUT2D eigenvalue weighted by molar-refractivity contribution is 0.101. The van der Waals surface area contributed by atoms with Gasteiger partial charge in [0.25, 0.3) is 0 Å². The SMILES string of the molecule is CCOc1cc(C(C)=O)c(C#N)cc1F. The summed E-state index contributed by atoms with van der Waals surface area (Å²) in [5, 5.41) is 8.70. The number of carbonyl (C=O) groups excluding carboxylic acids is 1. The average Bonchev–Trinajstić information content (AvgIpc) is 2.20. The van der Waals surface area contributed by atoms with Gasteiger partial charge >= 0.3 is 0 Å². The summed E-state index contributed by atoms with van der Waals surface area (Å²) in [5.41, 5.74) is 0.214. The summed E-state index contributed by atoms with van der Waals surface area (Å²) in [5.74, 6) is -0.910. The molecule has 0 unspecified atom stereocenters. The fourth-order valence-electron chi connectivity index (χ4n) is 1.20. The number of carbonyl (C=O) groups is 1. The Kier molecular flexibility index (Phi) is 3.40. The molecule has 0 aliphatic carbocycles. The Labute approximate surface area is 87.1 Å². The topological polar surface area (TPSA) is 50.1 Å². The van der Waals surface area contributed by atoms with Crippen LogP contribution in [0.25, 0.3) is 0 Å². The van der Waals surface area contributed by atoms with Crippen molar-refractivity contribution >= 4 is 5.78 Å². The van der Waals surface area contributed by atoms with Crippen LogP contribution < -0.4 is 4.74 Å². The number of rotatable bonds is 3. The van der Waals surface area contributed by atoms with Crippen LogP contribution in [0.3, 0.4) is 0 Å². The van der Waals surface area contributed by atoms with Crippen molar-refractivity contribution in [1.29, 1.82) is 5.26 Å². The van der Waals surface area contributed by atoms with E-state index in [-0.39, 0.29) is 22.7 Å². The third-order valence-electron chi connectivity index (χ3n) is 1.87. The first-order valence-corrected chi connectivity index (χ1v) is 4.47. The molecule has 78 valence electrons. The number of Topliss-reactive ketones (excluding diaryl/α,β-unsaturated/α-hetero) is 1. The molecule has 0 aromatic heterocycles. The van der Waals surface area contributed by atoms with Crippen molar-refractivity contribution in [2.45, 2.75) is 13.8 Å². The van der Waals surface area contributed by atoms with Gasteiger partial charge in [0.2, 0.25) is 0 Å². The highest BCUT2D eigenvalue weighted by Gasteiger charge is 2.13. The maximum absolute atomic E-state index is 13.3. The first kappa shape index (κ1) is 11.2. The molecule has 0 heterocycles. The van der Waals surface area contributed by atoms with Crippen LogP contribution in [0.2, 0.25) is 0 Å². The van der Waals surface area contributed by atoms with Gasteiger partial charge in [0.05, 0.1) is 18.2 Å². The number of hydrogen-bond donors (Lipinski definition) is 0. The van der Waals surface area contributed by atoms with Crippen molar-refractivity contribution in [1.82, 2.24) is 0 Å². The molecule has 0 aliphatic heterocycles. The van der Waals surface area contributed by atoms with Crippen LogP contribution >= 0.6 is 0 Å². The Bertz CT molecular complexity index is 435. The molecular formula is C11H10FNO2. The number of nitrogens with zero attached hydrogens (tertiary/aromatic N) is 1. The van der Waals surface area contributed by atoms with Crippen LogP contribution in [-0.2, 0) is 0 Å². The molecule has 3 nitrogen and oxygen atoms in total. The van der Waals surface area contributed by atoms with Crippen molar-refractivity contribution in [2.24, 2.45) is 0 Å². The first-order valence-electron chi connectivity index (χ1n) is 4.47. The number of benzene rings is 1. The molecule has 4 heteroatoms. The van der Waals surface area contributed by atoms with Gasteiger partial charge in [-0.25, -0.2) is 4.39 Å². The minimum Gasteiger partial charge on any atom is -0.491 e. The predicted octanol–water partition coefficient (Wildman–Crippen LogP) is 2.30. The van der Waals surface area contributed by atoms with Crippen LogP contribution in [0, 0.1) is 17.1 Å². The van der Waals surface area contributed by atoms with Gasteiger partial charge < -0.3 is 4.74 Å². The van der Waals surface area contributed by atoms with Crippen LogP contribution in [-0.4, -0.2) is 12.4 Å². The lowest BCUT2D eigenvalue weighted by atomic mass is 10.0. The Balaban J connectivity index is 3.32. The van der Waals surface area contributed by atoms with Crippen molar-refractivity contribution < 1.29 is 13.9 Å². The molecule has 1 rings (SSSR count).